The number of hydrogen-bond donors (Lipinski definition) is 3. The molecule has 0 amide bonds. The first-order chi connectivity index (χ1) is 25.7. The lowest BCUT2D eigenvalue weighted by Gasteiger charge is -2.50. The van der Waals surface area contributed by atoms with Gasteiger partial charge in [-0.1, -0.05) is 65.2 Å². The Morgan fingerprint density at radius 2 is 0.907 bits per heavy atom. The first kappa shape index (κ1) is 37.4. The fourth-order valence-electron chi connectivity index (χ4n) is 9.72. The molecule has 4 unspecified atom stereocenters. The van der Waals surface area contributed by atoms with Crippen LogP contribution in [0.3, 0.4) is 0 Å². The highest BCUT2D eigenvalue weighted by molar-refractivity contribution is 7.85. The largest absolute Gasteiger partial charge is 0.322 e. The molecule has 54 heavy (non-hydrogen) atoms. The van der Waals surface area contributed by atoms with Crippen LogP contribution >= 0.6 is 0 Å². The van der Waals surface area contributed by atoms with Crippen molar-refractivity contribution in [1.82, 2.24) is 10.6 Å². The average Bonchev–Trinajstić information content (AvgIpc) is 3.66. The van der Waals surface area contributed by atoms with Crippen LogP contribution in [-0.4, -0.2) is 75.9 Å². The quantitative estimate of drug-likeness (QED) is 0.296. The van der Waals surface area contributed by atoms with Gasteiger partial charge in [-0.25, -0.2) is 0 Å². The van der Waals surface area contributed by atoms with E-state index in [2.05, 4.69) is 10.6 Å². The molecule has 3 aliphatic carbocycles. The number of carbonyl (C=O) groups excluding carboxylic acids is 3. The summed E-state index contributed by atoms with van der Waals surface area (Å²) < 4.78 is 42.6. The van der Waals surface area contributed by atoms with E-state index < -0.39 is 84.8 Å². The molecule has 0 spiro atoms. The Bertz CT molecular complexity index is 2050. The highest BCUT2D eigenvalue weighted by atomic mass is 32.2. The summed E-state index contributed by atoms with van der Waals surface area (Å²) in [6.07, 6.45) is 6.66. The first-order valence-corrected chi connectivity index (χ1v) is 22.3. The van der Waals surface area contributed by atoms with Crippen LogP contribution in [0, 0.1) is 44.4 Å². The van der Waals surface area contributed by atoms with E-state index in [-0.39, 0.29) is 47.4 Å². The second kappa shape index (κ2) is 13.9. The predicted octanol–water partition coefficient (Wildman–Crippen LogP) is 3.56. The molecule has 0 radical (unpaired) electrons. The van der Waals surface area contributed by atoms with Gasteiger partial charge in [-0.05, 0) is 69.3 Å². The third-order valence-electron chi connectivity index (χ3n) is 12.5. The molecular weight excluding hydrogens is 739 g/mol. The van der Waals surface area contributed by atoms with E-state index >= 15 is 4.79 Å². The number of nitrogens with one attached hydrogen (secondary N) is 2. The maximum absolute atomic E-state index is 15.3. The van der Waals surface area contributed by atoms with Gasteiger partial charge in [0, 0.05) is 69.0 Å². The minimum Gasteiger partial charge on any atom is -0.322 e. The van der Waals surface area contributed by atoms with Crippen molar-refractivity contribution in [1.29, 1.82) is 0 Å². The third-order valence-corrected chi connectivity index (χ3v) is 17.2. The molecule has 2 aliphatic heterocycles. The molecule has 282 valence electrons. The van der Waals surface area contributed by atoms with Crippen LogP contribution in [0.25, 0.3) is 0 Å². The van der Waals surface area contributed by atoms with Crippen LogP contribution in [0.1, 0.15) is 29.5 Å². The molecule has 2 saturated heterocycles. The minimum absolute atomic E-state index is 0.0330. The molecular formula is C42H45N3O6S3. The van der Waals surface area contributed by atoms with E-state index in [4.69, 9.17) is 5.73 Å². The van der Waals surface area contributed by atoms with Gasteiger partial charge in [0.15, 0.2) is 11.6 Å². The van der Waals surface area contributed by atoms with Gasteiger partial charge in [-0.3, -0.25) is 27.0 Å². The van der Waals surface area contributed by atoms with E-state index in [0.717, 1.165) is 16.7 Å². The van der Waals surface area contributed by atoms with Gasteiger partial charge in [0.25, 0.3) is 0 Å². The Labute approximate surface area is 323 Å². The van der Waals surface area contributed by atoms with E-state index in [9.17, 15) is 22.2 Å². The minimum atomic E-state index is -1.61. The SMILES string of the molecule is Cc1ccc(S(=O)CC2(N)[C@@H]3N[C@@]4(CS(=O)c5ccc(C)cc5)C=CC(=O)C[C@H]4[C@@H]3C(=O)[C@@H]3[C@H]4CC(=O)C=C[C@@]4(CS(=O)c4ccc(C)cc4)N[C@@H]32)cc1. The van der Waals surface area contributed by atoms with E-state index in [1.807, 2.05) is 93.6 Å². The van der Waals surface area contributed by atoms with Crippen LogP contribution in [0.2, 0.25) is 0 Å². The number of hydrogen-bond acceptors (Lipinski definition) is 9. The molecule has 12 heteroatoms. The number of aryl methyl sites for hydroxylation is 3. The average molecular weight is 784 g/mol. The monoisotopic (exact) mass is 783 g/mol. The van der Waals surface area contributed by atoms with Crippen LogP contribution in [0.5, 0.6) is 0 Å². The lowest BCUT2D eigenvalue weighted by atomic mass is 9.58. The van der Waals surface area contributed by atoms with Gasteiger partial charge >= 0.3 is 0 Å². The molecule has 3 aromatic carbocycles. The van der Waals surface area contributed by atoms with Crippen LogP contribution in [0.15, 0.2) is 112 Å². The summed E-state index contributed by atoms with van der Waals surface area (Å²) in [5.74, 6) is -2.97. The van der Waals surface area contributed by atoms with Gasteiger partial charge < -0.3 is 16.4 Å². The van der Waals surface area contributed by atoms with E-state index in [1.54, 1.807) is 12.2 Å². The van der Waals surface area contributed by atoms with E-state index in [1.165, 1.54) is 12.2 Å². The summed E-state index contributed by atoms with van der Waals surface area (Å²) in [7, 11) is -4.62. The van der Waals surface area contributed by atoms with Crippen molar-refractivity contribution in [2.75, 3.05) is 17.3 Å². The van der Waals surface area contributed by atoms with Gasteiger partial charge in [0.05, 0.1) is 60.5 Å². The van der Waals surface area contributed by atoms with Crippen molar-refractivity contribution in [2.45, 2.75) is 77.0 Å². The van der Waals surface area contributed by atoms with Crippen molar-refractivity contribution < 1.29 is 27.0 Å². The zero-order valence-electron chi connectivity index (χ0n) is 30.5. The van der Waals surface area contributed by atoms with E-state index in [0.29, 0.717) is 14.7 Å². The Hall–Kier alpha value is -3.52. The van der Waals surface area contributed by atoms with Crippen molar-refractivity contribution >= 4 is 49.7 Å². The standard InChI is InChI=1S/C42H45N3O6S3/c1-25-4-10-30(11-5-25)52(49)22-40-18-16-28(46)20-33(40)35-37(48)36-34-21-29(47)17-19-41(34,23-53(50)31-12-6-26(2)7-13-31)45-39(36)42(43,38(35)44-40)24-54(51)32-14-8-27(3)9-15-32/h4-19,33-36,38-39,44-45H,20-24,43H2,1-3H3/t33-,34+,35+,36-,38+,39-,40+,41-,42?,52?,53?,54?. The molecule has 0 bridgehead atoms. The molecule has 1 saturated carbocycles. The molecule has 9 nitrogen and oxygen atoms in total. The summed E-state index contributed by atoms with van der Waals surface area (Å²) in [5, 5.41) is 7.44. The summed E-state index contributed by atoms with van der Waals surface area (Å²) in [4.78, 5) is 43.6. The molecule has 2 heterocycles. The summed E-state index contributed by atoms with van der Waals surface area (Å²) in [6, 6.07) is 20.9. The molecule has 4 N–H and O–H groups in total. The number of fused-ring (bicyclic) bond motifs is 6. The molecule has 5 aliphatic rings. The topological polar surface area (TPSA) is 152 Å². The summed E-state index contributed by atoms with van der Waals surface area (Å²) in [6.45, 7) is 5.88. The van der Waals surface area contributed by atoms with Crippen LogP contribution < -0.4 is 16.4 Å². The van der Waals surface area contributed by atoms with Crippen LogP contribution in [0.4, 0.5) is 0 Å². The second-order valence-corrected chi connectivity index (χ2v) is 20.4. The van der Waals surface area contributed by atoms with Gasteiger partial charge in [0.2, 0.25) is 0 Å². The van der Waals surface area contributed by atoms with Crippen molar-refractivity contribution in [3.05, 3.63) is 114 Å². The first-order valence-electron chi connectivity index (χ1n) is 18.4. The summed E-state index contributed by atoms with van der Waals surface area (Å²) in [5.41, 5.74) is 7.42. The third kappa shape index (κ3) is 6.32. The molecule has 3 aromatic rings. The lowest BCUT2D eigenvalue weighted by Crippen LogP contribution is -2.76. The molecule has 12 atom stereocenters. The maximum Gasteiger partial charge on any atom is 0.155 e. The molecule has 0 aromatic heterocycles. The highest BCUT2D eigenvalue weighted by Crippen LogP contribution is 2.56. The number of ketones is 3. The zero-order valence-corrected chi connectivity index (χ0v) is 32.9. The Kier molecular flexibility index (Phi) is 9.63. The summed E-state index contributed by atoms with van der Waals surface area (Å²) >= 11 is 0. The number of allylic oxidation sites excluding steroid dienone is 2. The number of carbonyl (C=O) groups is 3. The van der Waals surface area contributed by atoms with Crippen molar-refractivity contribution in [2.24, 2.45) is 29.4 Å². The fourth-order valence-corrected chi connectivity index (χ4v) is 14.0. The number of benzene rings is 3. The van der Waals surface area contributed by atoms with Gasteiger partial charge in [-0.15, -0.1) is 0 Å². The Morgan fingerprint density at radius 1 is 0.574 bits per heavy atom. The van der Waals surface area contributed by atoms with Gasteiger partial charge in [0.1, 0.15) is 5.78 Å². The smallest absolute Gasteiger partial charge is 0.155 e. The molecule has 3 fully saturated rings. The number of Topliss-reactive ketones (excluding diaryl/α,β-unsaturated/α-hetero) is 1. The van der Waals surface area contributed by atoms with Crippen LogP contribution in [-0.2, 0) is 46.8 Å². The zero-order chi connectivity index (χ0) is 38.2. The van der Waals surface area contributed by atoms with Gasteiger partial charge in [-0.2, -0.15) is 0 Å². The Balaban J connectivity index is 1.23. The second-order valence-electron chi connectivity index (χ2n) is 16.0. The highest BCUT2D eigenvalue weighted by Gasteiger charge is 2.72. The van der Waals surface area contributed by atoms with Crippen molar-refractivity contribution in [3.8, 4) is 0 Å². The van der Waals surface area contributed by atoms with Crippen molar-refractivity contribution in [3.63, 3.8) is 0 Å². The number of rotatable bonds is 9. The Morgan fingerprint density at radius 3 is 1.26 bits per heavy atom. The normalized spacial score (nSPS) is 35.5. The fraction of sp³-hybridized carbons (Fsp3) is 0.405. The maximum atomic E-state index is 15.3. The molecule has 8 rings (SSSR count). The number of nitrogens with two attached hydrogens (primary N) is 1. The lowest BCUT2D eigenvalue weighted by molar-refractivity contribution is -0.135. The predicted molar refractivity (Wildman–Crippen MR) is 210 cm³/mol.